The van der Waals surface area contributed by atoms with Crippen molar-refractivity contribution in [2.75, 3.05) is 0 Å². The fourth-order valence-corrected chi connectivity index (χ4v) is 1.79. The monoisotopic (exact) mass is 191 g/mol. The van der Waals surface area contributed by atoms with E-state index in [4.69, 9.17) is 5.26 Å². The lowest BCUT2D eigenvalue weighted by Crippen LogP contribution is -2.05. The summed E-state index contributed by atoms with van der Waals surface area (Å²) in [4.78, 5) is 11.3. The van der Waals surface area contributed by atoms with Gasteiger partial charge in [0.25, 0.3) is 0 Å². The van der Waals surface area contributed by atoms with Gasteiger partial charge in [0.1, 0.15) is 5.78 Å². The van der Waals surface area contributed by atoms with Crippen LogP contribution in [-0.2, 0) is 4.79 Å². The lowest BCUT2D eigenvalue weighted by atomic mass is 9.91. The largest absolute Gasteiger partial charge is 0.300 e. The maximum Gasteiger partial charge on any atom is 0.133 e. The number of hydrogen-bond donors (Lipinski definition) is 0. The zero-order valence-electron chi connectivity index (χ0n) is 8.54. The first-order chi connectivity index (χ1) is 6.83. The molecule has 1 atom stereocenters. The SMILES string of the molecule is N#CCCC(=O)CCC1C=CCCC1. The maximum atomic E-state index is 11.3. The second-order valence-electron chi connectivity index (χ2n) is 3.85. The number of Topliss-reactive ketones (excluding diaryl/α,β-unsaturated/α-hetero) is 1. The van der Waals surface area contributed by atoms with Crippen LogP contribution in [0.25, 0.3) is 0 Å². The number of nitriles is 1. The highest BCUT2D eigenvalue weighted by Gasteiger charge is 2.10. The molecule has 1 aliphatic carbocycles. The summed E-state index contributed by atoms with van der Waals surface area (Å²) in [5, 5.41) is 8.32. The van der Waals surface area contributed by atoms with Gasteiger partial charge in [-0.1, -0.05) is 12.2 Å². The number of carbonyl (C=O) groups is 1. The molecular formula is C12H17NO. The molecule has 14 heavy (non-hydrogen) atoms. The Balaban J connectivity index is 2.13. The van der Waals surface area contributed by atoms with E-state index < -0.39 is 0 Å². The molecule has 0 fully saturated rings. The summed E-state index contributed by atoms with van der Waals surface area (Å²) >= 11 is 0. The van der Waals surface area contributed by atoms with E-state index in [1.807, 2.05) is 6.07 Å². The molecule has 0 aromatic heterocycles. The minimum absolute atomic E-state index is 0.241. The van der Waals surface area contributed by atoms with Gasteiger partial charge in [-0.05, 0) is 31.6 Å². The van der Waals surface area contributed by atoms with Crippen molar-refractivity contribution >= 4 is 5.78 Å². The quantitative estimate of drug-likeness (QED) is 0.627. The van der Waals surface area contributed by atoms with E-state index >= 15 is 0 Å². The minimum atomic E-state index is 0.241. The molecule has 0 amide bonds. The van der Waals surface area contributed by atoms with E-state index in [2.05, 4.69) is 12.2 Å². The number of hydrogen-bond acceptors (Lipinski definition) is 2. The van der Waals surface area contributed by atoms with Crippen LogP contribution in [0.2, 0.25) is 0 Å². The summed E-state index contributed by atoms with van der Waals surface area (Å²) in [7, 11) is 0. The van der Waals surface area contributed by atoms with E-state index in [0.29, 0.717) is 25.2 Å². The van der Waals surface area contributed by atoms with E-state index in [1.165, 1.54) is 19.3 Å². The highest BCUT2D eigenvalue weighted by atomic mass is 16.1. The van der Waals surface area contributed by atoms with Crippen LogP contribution >= 0.6 is 0 Å². The lowest BCUT2D eigenvalue weighted by Gasteiger charge is -2.15. The van der Waals surface area contributed by atoms with Crippen molar-refractivity contribution < 1.29 is 4.79 Å². The van der Waals surface area contributed by atoms with Gasteiger partial charge in [-0.3, -0.25) is 4.79 Å². The molecule has 1 rings (SSSR count). The Hall–Kier alpha value is -1.10. The van der Waals surface area contributed by atoms with Crippen LogP contribution in [0.1, 0.15) is 44.9 Å². The third kappa shape index (κ3) is 4.23. The third-order valence-electron chi connectivity index (χ3n) is 2.66. The van der Waals surface area contributed by atoms with E-state index in [0.717, 1.165) is 6.42 Å². The fourth-order valence-electron chi connectivity index (χ4n) is 1.79. The summed E-state index contributed by atoms with van der Waals surface area (Å²) in [5.41, 5.74) is 0. The summed E-state index contributed by atoms with van der Waals surface area (Å²) in [5.74, 6) is 0.848. The normalized spacial score (nSPS) is 20.4. The molecule has 76 valence electrons. The Kier molecular flexibility index (Phi) is 4.99. The van der Waals surface area contributed by atoms with Crippen molar-refractivity contribution in [2.24, 2.45) is 5.92 Å². The van der Waals surface area contributed by atoms with Gasteiger partial charge in [-0.15, -0.1) is 0 Å². The van der Waals surface area contributed by atoms with Gasteiger partial charge in [-0.25, -0.2) is 0 Å². The first-order valence-corrected chi connectivity index (χ1v) is 5.38. The van der Waals surface area contributed by atoms with Gasteiger partial charge in [0.05, 0.1) is 6.07 Å². The van der Waals surface area contributed by atoms with Crippen LogP contribution in [0.4, 0.5) is 0 Å². The van der Waals surface area contributed by atoms with Crippen LogP contribution in [0.15, 0.2) is 12.2 Å². The molecule has 0 aromatic rings. The van der Waals surface area contributed by atoms with Crippen LogP contribution in [0.5, 0.6) is 0 Å². The van der Waals surface area contributed by atoms with E-state index in [9.17, 15) is 4.79 Å². The van der Waals surface area contributed by atoms with Crippen molar-refractivity contribution in [1.82, 2.24) is 0 Å². The van der Waals surface area contributed by atoms with Crippen molar-refractivity contribution in [3.63, 3.8) is 0 Å². The topological polar surface area (TPSA) is 40.9 Å². The molecule has 0 saturated carbocycles. The Labute approximate surface area is 85.6 Å². The zero-order valence-corrected chi connectivity index (χ0v) is 8.54. The average Bonchev–Trinajstić information content (AvgIpc) is 2.25. The molecule has 0 bridgehead atoms. The molecule has 1 unspecified atom stereocenters. The summed E-state index contributed by atoms with van der Waals surface area (Å²) in [6, 6.07) is 2.00. The van der Waals surface area contributed by atoms with Gasteiger partial charge >= 0.3 is 0 Å². The van der Waals surface area contributed by atoms with Gasteiger partial charge in [0, 0.05) is 19.3 Å². The van der Waals surface area contributed by atoms with Crippen LogP contribution in [-0.4, -0.2) is 5.78 Å². The van der Waals surface area contributed by atoms with Crippen molar-refractivity contribution in [3.8, 4) is 6.07 Å². The van der Waals surface area contributed by atoms with Crippen molar-refractivity contribution in [2.45, 2.75) is 44.9 Å². The smallest absolute Gasteiger partial charge is 0.133 e. The molecule has 0 heterocycles. The fraction of sp³-hybridized carbons (Fsp3) is 0.667. The Morgan fingerprint density at radius 2 is 2.36 bits per heavy atom. The van der Waals surface area contributed by atoms with Crippen molar-refractivity contribution in [1.29, 1.82) is 5.26 Å². The second kappa shape index (κ2) is 6.37. The summed E-state index contributed by atoms with van der Waals surface area (Å²) in [6.45, 7) is 0. The van der Waals surface area contributed by atoms with Crippen LogP contribution < -0.4 is 0 Å². The number of carbonyl (C=O) groups excluding carboxylic acids is 1. The lowest BCUT2D eigenvalue weighted by molar-refractivity contribution is -0.119. The minimum Gasteiger partial charge on any atom is -0.300 e. The standard InChI is InChI=1S/C12H17NO/c13-10-4-7-12(14)9-8-11-5-2-1-3-6-11/h2,5,11H,1,3-4,6-9H2. The summed E-state index contributed by atoms with van der Waals surface area (Å²) < 4.78 is 0. The second-order valence-corrected chi connectivity index (χ2v) is 3.85. The first-order valence-electron chi connectivity index (χ1n) is 5.38. The molecule has 1 aliphatic rings. The number of allylic oxidation sites excluding steroid dienone is 2. The maximum absolute atomic E-state index is 11.3. The highest BCUT2D eigenvalue weighted by Crippen LogP contribution is 2.21. The van der Waals surface area contributed by atoms with E-state index in [-0.39, 0.29) is 5.78 Å². The molecular weight excluding hydrogens is 174 g/mol. The average molecular weight is 191 g/mol. The molecule has 0 saturated heterocycles. The highest BCUT2D eigenvalue weighted by molar-refractivity contribution is 5.78. The zero-order chi connectivity index (χ0) is 10.2. The van der Waals surface area contributed by atoms with Gasteiger partial charge < -0.3 is 0 Å². The number of rotatable bonds is 5. The van der Waals surface area contributed by atoms with Gasteiger partial charge in [0.2, 0.25) is 0 Å². The Morgan fingerprint density at radius 3 is 3.00 bits per heavy atom. The van der Waals surface area contributed by atoms with Gasteiger partial charge in [0.15, 0.2) is 0 Å². The molecule has 2 nitrogen and oxygen atoms in total. The predicted octanol–water partition coefficient (Wildman–Crippen LogP) is 3.00. The summed E-state index contributed by atoms with van der Waals surface area (Å²) in [6.07, 6.45) is 10.6. The Morgan fingerprint density at radius 1 is 1.50 bits per heavy atom. The Bertz CT molecular complexity index is 250. The van der Waals surface area contributed by atoms with Gasteiger partial charge in [-0.2, -0.15) is 5.26 Å². The molecule has 0 aromatic carbocycles. The molecule has 0 aliphatic heterocycles. The van der Waals surface area contributed by atoms with E-state index in [1.54, 1.807) is 0 Å². The first kappa shape index (κ1) is 11.0. The van der Waals surface area contributed by atoms with Crippen LogP contribution in [0, 0.1) is 17.2 Å². The van der Waals surface area contributed by atoms with Crippen molar-refractivity contribution in [3.05, 3.63) is 12.2 Å². The molecule has 0 N–H and O–H groups in total. The molecule has 0 spiro atoms. The molecule has 2 heteroatoms. The number of ketones is 1. The third-order valence-corrected chi connectivity index (χ3v) is 2.66. The predicted molar refractivity (Wildman–Crippen MR) is 55.6 cm³/mol. The molecule has 0 radical (unpaired) electrons. The number of nitrogens with zero attached hydrogens (tertiary/aromatic N) is 1. The van der Waals surface area contributed by atoms with Crippen LogP contribution in [0.3, 0.4) is 0 Å².